The van der Waals surface area contributed by atoms with Crippen molar-refractivity contribution in [3.05, 3.63) is 88.6 Å². The van der Waals surface area contributed by atoms with Crippen LogP contribution < -0.4 is 26.0 Å². The Labute approximate surface area is 284 Å². The lowest BCUT2D eigenvalue weighted by Crippen LogP contribution is -2.60. The van der Waals surface area contributed by atoms with E-state index in [1.54, 1.807) is 0 Å². The molecule has 4 heteroatoms. The van der Waals surface area contributed by atoms with Gasteiger partial charge in [-0.15, -0.1) is 0 Å². The summed E-state index contributed by atoms with van der Waals surface area (Å²) in [6, 6.07) is 21.5. The molecule has 7 rings (SSSR count). The summed E-state index contributed by atoms with van der Waals surface area (Å²) in [5, 5.41) is 0. The largest absolute Gasteiger partial charge is 0.440 e. The zero-order chi connectivity index (χ0) is 34.1. The van der Waals surface area contributed by atoms with Crippen LogP contribution in [0.25, 0.3) is 0 Å². The van der Waals surface area contributed by atoms with Crippen molar-refractivity contribution < 1.29 is 4.74 Å². The second-order valence-electron chi connectivity index (χ2n) is 18.9. The van der Waals surface area contributed by atoms with Crippen LogP contribution in [0.2, 0.25) is 0 Å². The summed E-state index contributed by atoms with van der Waals surface area (Å²) in [4.78, 5) is 7.42. The summed E-state index contributed by atoms with van der Waals surface area (Å²) < 4.78 is 6.85. The van der Waals surface area contributed by atoms with Crippen molar-refractivity contribution in [2.75, 3.05) is 4.90 Å². The van der Waals surface area contributed by atoms with Gasteiger partial charge in [0, 0.05) is 28.7 Å². The van der Waals surface area contributed by atoms with Crippen LogP contribution in [0, 0.1) is 0 Å². The van der Waals surface area contributed by atoms with E-state index in [0.717, 1.165) is 17.3 Å². The molecule has 2 aliphatic heterocycles. The number of aromatic nitrogens is 1. The van der Waals surface area contributed by atoms with Crippen molar-refractivity contribution in [1.82, 2.24) is 4.98 Å². The molecule has 0 atom stereocenters. The zero-order valence-electron chi connectivity index (χ0n) is 31.1. The number of pyridine rings is 1. The monoisotopic (exact) mass is 624 g/mol. The lowest BCUT2D eigenvalue weighted by molar-refractivity contribution is 0.330. The van der Waals surface area contributed by atoms with Gasteiger partial charge in [-0.3, -0.25) is 0 Å². The van der Waals surface area contributed by atoms with Crippen molar-refractivity contribution in [3.8, 4) is 11.6 Å². The van der Waals surface area contributed by atoms with Gasteiger partial charge in [0.25, 0.3) is 6.71 Å². The van der Waals surface area contributed by atoms with Crippen molar-refractivity contribution >= 4 is 40.2 Å². The van der Waals surface area contributed by atoms with Crippen LogP contribution in [0.3, 0.4) is 0 Å². The van der Waals surface area contributed by atoms with Gasteiger partial charge in [0.05, 0.1) is 0 Å². The fourth-order valence-corrected chi connectivity index (χ4v) is 7.96. The molecule has 0 amide bonds. The molecule has 0 unspecified atom stereocenters. The third-order valence-electron chi connectivity index (χ3n) is 11.3. The third kappa shape index (κ3) is 5.13. The molecular formula is C43H53BN2O. The lowest BCUT2D eigenvalue weighted by atomic mass is 9.34. The summed E-state index contributed by atoms with van der Waals surface area (Å²) in [5.41, 5.74) is 14.5. The average Bonchev–Trinajstić information content (AvgIpc) is 2.97. The molecule has 0 saturated carbocycles. The van der Waals surface area contributed by atoms with Crippen LogP contribution in [0.4, 0.5) is 17.1 Å². The van der Waals surface area contributed by atoms with E-state index in [4.69, 9.17) is 9.72 Å². The van der Waals surface area contributed by atoms with Gasteiger partial charge in [0.2, 0.25) is 5.88 Å². The number of nitrogens with zero attached hydrogens (tertiary/aromatic N) is 2. The molecular weight excluding hydrogens is 571 g/mol. The smallest absolute Gasteiger partial charge is 0.258 e. The summed E-state index contributed by atoms with van der Waals surface area (Å²) in [6.07, 6.45) is 4.29. The minimum absolute atomic E-state index is 0.00378. The van der Waals surface area contributed by atoms with Crippen LogP contribution in [-0.2, 0) is 27.1 Å². The number of ether oxygens (including phenoxy) is 1. The Bertz CT molecular complexity index is 1900. The van der Waals surface area contributed by atoms with Gasteiger partial charge in [-0.2, -0.15) is 0 Å². The first-order chi connectivity index (χ1) is 21.7. The Hall–Kier alpha value is -3.53. The first-order valence-corrected chi connectivity index (χ1v) is 17.6. The quantitative estimate of drug-likeness (QED) is 0.170. The maximum Gasteiger partial charge on any atom is 0.258 e. The predicted octanol–water partition coefficient (Wildman–Crippen LogP) is 9.73. The summed E-state index contributed by atoms with van der Waals surface area (Å²) in [7, 11) is 0. The highest BCUT2D eigenvalue weighted by molar-refractivity contribution is 6.99. The molecule has 0 fully saturated rings. The van der Waals surface area contributed by atoms with E-state index in [-0.39, 0.29) is 33.8 Å². The van der Waals surface area contributed by atoms with Crippen LogP contribution in [-0.4, -0.2) is 11.7 Å². The number of fused-ring (bicyclic) bond motifs is 5. The Morgan fingerprint density at radius 2 is 1.21 bits per heavy atom. The summed E-state index contributed by atoms with van der Waals surface area (Å²) in [5.74, 6) is 1.69. The second kappa shape index (κ2) is 10.0. The molecule has 3 nitrogen and oxygen atoms in total. The van der Waals surface area contributed by atoms with Crippen LogP contribution in [0.15, 0.2) is 60.8 Å². The second-order valence-corrected chi connectivity index (χ2v) is 18.9. The van der Waals surface area contributed by atoms with Gasteiger partial charge >= 0.3 is 0 Å². The van der Waals surface area contributed by atoms with E-state index in [9.17, 15) is 0 Å². The highest BCUT2D eigenvalue weighted by atomic mass is 16.5. The Balaban J connectivity index is 1.54. The van der Waals surface area contributed by atoms with Crippen LogP contribution in [0.1, 0.15) is 131 Å². The van der Waals surface area contributed by atoms with E-state index >= 15 is 0 Å². The van der Waals surface area contributed by atoms with Crippen LogP contribution >= 0.6 is 0 Å². The van der Waals surface area contributed by atoms with Gasteiger partial charge in [0.15, 0.2) is 0 Å². The first kappa shape index (κ1) is 32.0. The Morgan fingerprint density at radius 3 is 1.79 bits per heavy atom. The highest BCUT2D eigenvalue weighted by Crippen LogP contribution is 2.49. The molecule has 0 bridgehead atoms. The number of hydrogen-bond donors (Lipinski definition) is 0. The van der Waals surface area contributed by atoms with Crippen molar-refractivity contribution in [2.24, 2.45) is 0 Å². The van der Waals surface area contributed by atoms with Gasteiger partial charge in [-0.05, 0) is 109 Å². The molecule has 0 radical (unpaired) electrons. The highest BCUT2D eigenvalue weighted by Gasteiger charge is 2.46. The Morgan fingerprint density at radius 1 is 0.638 bits per heavy atom. The lowest BCUT2D eigenvalue weighted by Gasteiger charge is -2.44. The maximum atomic E-state index is 6.85. The minimum atomic E-state index is 0.00378. The number of hydrogen-bond acceptors (Lipinski definition) is 3. The van der Waals surface area contributed by atoms with Gasteiger partial charge in [-0.25, -0.2) is 4.98 Å². The van der Waals surface area contributed by atoms with Crippen molar-refractivity contribution in [3.63, 3.8) is 0 Å². The molecule has 4 aromatic rings. The van der Waals surface area contributed by atoms with Gasteiger partial charge < -0.3 is 9.64 Å². The average molecular weight is 625 g/mol. The van der Waals surface area contributed by atoms with E-state index in [1.807, 2.05) is 6.20 Å². The molecule has 1 aliphatic carbocycles. The first-order valence-electron chi connectivity index (χ1n) is 17.6. The summed E-state index contributed by atoms with van der Waals surface area (Å²) >= 11 is 0. The van der Waals surface area contributed by atoms with Crippen molar-refractivity contribution in [2.45, 2.75) is 130 Å². The Kier molecular flexibility index (Phi) is 6.82. The molecule has 0 spiro atoms. The molecule has 3 aromatic carbocycles. The molecule has 3 aliphatic rings. The standard InChI is InChI=1S/C43H53BN2O/c1-39(2,3)26-14-15-32-35(23-26)46(29-21-27(40(4,5)6)20-28(22-29)41(7,8)9)34-16-19-45-38-37(34)44(32)33-24-30-31(25-36(33)47-38)43(12,13)18-17-42(30,10)11/h14-16,19-25H,17-18H2,1-13H3. The number of benzene rings is 3. The number of rotatable bonds is 1. The van der Waals surface area contributed by atoms with Crippen molar-refractivity contribution in [1.29, 1.82) is 0 Å². The van der Waals surface area contributed by atoms with Gasteiger partial charge in [-0.1, -0.05) is 114 Å². The normalized spacial score (nSPS) is 17.7. The molecule has 0 saturated heterocycles. The zero-order valence-corrected chi connectivity index (χ0v) is 31.1. The molecule has 244 valence electrons. The van der Waals surface area contributed by atoms with Crippen LogP contribution in [0.5, 0.6) is 11.6 Å². The fraction of sp³-hybridized carbons (Fsp3) is 0.465. The van der Waals surface area contributed by atoms with E-state index in [2.05, 4.69) is 150 Å². The fourth-order valence-electron chi connectivity index (χ4n) is 7.96. The third-order valence-corrected chi connectivity index (χ3v) is 11.3. The van der Waals surface area contributed by atoms with E-state index < -0.39 is 0 Å². The molecule has 0 N–H and O–H groups in total. The minimum Gasteiger partial charge on any atom is -0.440 e. The van der Waals surface area contributed by atoms with E-state index in [0.29, 0.717) is 0 Å². The van der Waals surface area contributed by atoms with Gasteiger partial charge in [0.1, 0.15) is 5.75 Å². The molecule has 3 heterocycles. The topological polar surface area (TPSA) is 25.4 Å². The predicted molar refractivity (Wildman–Crippen MR) is 201 cm³/mol. The maximum absolute atomic E-state index is 6.85. The number of anilines is 3. The molecule has 47 heavy (non-hydrogen) atoms. The SMILES string of the molecule is CC(C)(C)c1cc(N2c3cc(C(C)(C)C)ccc3B3c4cc5c(cc4Oc4nccc2c43)C(C)(C)CCC5(C)C)cc(C(C)(C)C)c1. The molecule has 1 aromatic heterocycles. The summed E-state index contributed by atoms with van der Waals surface area (Å²) in [6.45, 7) is 30.5. The van der Waals surface area contributed by atoms with E-state index in [1.165, 1.54) is 68.4 Å².